The summed E-state index contributed by atoms with van der Waals surface area (Å²) in [7, 11) is 1.62. The van der Waals surface area contributed by atoms with Gasteiger partial charge < -0.3 is 19.3 Å². The van der Waals surface area contributed by atoms with Crippen molar-refractivity contribution in [1.82, 2.24) is 0 Å². The zero-order valence-corrected chi connectivity index (χ0v) is 13.7. The highest BCUT2D eigenvalue weighted by atomic mass is 16.6. The number of hydrogen-bond acceptors (Lipinski definition) is 4. The van der Waals surface area contributed by atoms with Gasteiger partial charge in [0.2, 0.25) is 0 Å². The maximum atomic E-state index is 10.8. The summed E-state index contributed by atoms with van der Waals surface area (Å²) in [5.41, 5.74) is 0.977. The average molecular weight is 310 g/mol. The lowest BCUT2D eigenvalue weighted by atomic mass is 9.90. The molecule has 5 nitrogen and oxygen atoms in total. The van der Waals surface area contributed by atoms with Gasteiger partial charge in [-0.1, -0.05) is 37.3 Å². The normalized spacial score (nSPS) is 30.3. The van der Waals surface area contributed by atoms with Gasteiger partial charge in [0.15, 0.2) is 0 Å². The number of rotatable bonds is 7. The second-order valence-electron chi connectivity index (χ2n) is 5.42. The van der Waals surface area contributed by atoms with Crippen molar-refractivity contribution in [3.63, 3.8) is 0 Å². The molecule has 124 valence electrons. The van der Waals surface area contributed by atoms with Crippen LogP contribution < -0.4 is 0 Å². The van der Waals surface area contributed by atoms with Crippen LogP contribution in [0.1, 0.15) is 20.8 Å². The van der Waals surface area contributed by atoms with Gasteiger partial charge in [-0.2, -0.15) is 0 Å². The summed E-state index contributed by atoms with van der Waals surface area (Å²) in [5.74, 6) is -0.854. The Labute approximate surface area is 132 Å². The maximum Gasteiger partial charge on any atom is 0.329 e. The van der Waals surface area contributed by atoms with Crippen LogP contribution in [0.4, 0.5) is 0 Å². The zero-order chi connectivity index (χ0) is 16.5. The molecular weight excluding hydrogens is 284 g/mol. The van der Waals surface area contributed by atoms with Crippen LogP contribution in [-0.4, -0.2) is 49.7 Å². The molecule has 0 aliphatic carbocycles. The van der Waals surface area contributed by atoms with Gasteiger partial charge in [0.25, 0.3) is 0 Å². The zero-order valence-electron chi connectivity index (χ0n) is 13.7. The number of carboxylic acids is 1. The highest BCUT2D eigenvalue weighted by Crippen LogP contribution is 2.28. The highest BCUT2D eigenvalue weighted by Gasteiger charge is 2.40. The summed E-state index contributed by atoms with van der Waals surface area (Å²) in [5, 5.41) is 8.85. The monoisotopic (exact) mass is 310 g/mol. The topological polar surface area (TPSA) is 65.0 Å². The predicted molar refractivity (Wildman–Crippen MR) is 84.8 cm³/mol. The maximum absolute atomic E-state index is 10.8. The highest BCUT2D eigenvalue weighted by molar-refractivity contribution is 5.68. The molecule has 0 aromatic carbocycles. The molecular formula is C17H26O5. The van der Waals surface area contributed by atoms with E-state index in [0.29, 0.717) is 6.61 Å². The molecule has 1 aliphatic heterocycles. The lowest BCUT2D eigenvalue weighted by Crippen LogP contribution is -2.52. The second-order valence-corrected chi connectivity index (χ2v) is 5.42. The van der Waals surface area contributed by atoms with Gasteiger partial charge in [-0.15, -0.1) is 0 Å². The fourth-order valence-electron chi connectivity index (χ4n) is 2.53. The quantitative estimate of drug-likeness (QED) is 0.732. The number of allylic oxidation sites excluding steroid dienone is 5. The molecule has 0 aromatic heterocycles. The van der Waals surface area contributed by atoms with Gasteiger partial charge >= 0.3 is 5.97 Å². The van der Waals surface area contributed by atoms with Crippen LogP contribution in [0.25, 0.3) is 0 Å². The van der Waals surface area contributed by atoms with Crippen molar-refractivity contribution in [3.05, 3.63) is 36.0 Å². The molecule has 4 atom stereocenters. The molecule has 0 aromatic rings. The van der Waals surface area contributed by atoms with Gasteiger partial charge in [0.1, 0.15) is 18.8 Å². The molecule has 0 saturated carbocycles. The van der Waals surface area contributed by atoms with Crippen LogP contribution in [0.2, 0.25) is 0 Å². The molecule has 0 unspecified atom stereocenters. The standard InChI is InChI=1S/C17H26O5/c1-5-6-7-8-9-12(2)16-17(22-11-14(18)19)15(20-4)13(3)10-21-16/h5-9,13,15-17H,10-11H2,1-4H3,(H,18,19)/t13-,15-,16-,17+/m0/s1. The molecule has 0 spiro atoms. The van der Waals surface area contributed by atoms with Crippen molar-refractivity contribution in [2.45, 2.75) is 39.1 Å². The SMILES string of the molecule is CC=CC=CC=C(C)[C@@H]1OC[C@H](C)[C@H](OC)[C@H]1OCC(=O)O. The van der Waals surface area contributed by atoms with Crippen LogP contribution in [0, 0.1) is 5.92 Å². The Bertz CT molecular complexity index is 438. The molecule has 1 heterocycles. The predicted octanol–water partition coefficient (Wildman–Crippen LogP) is 2.58. The third kappa shape index (κ3) is 5.40. The van der Waals surface area contributed by atoms with Crippen molar-refractivity contribution in [2.75, 3.05) is 20.3 Å². The van der Waals surface area contributed by atoms with Crippen molar-refractivity contribution in [2.24, 2.45) is 5.92 Å². The number of carbonyl (C=O) groups is 1. The Morgan fingerprint density at radius 1 is 1.32 bits per heavy atom. The largest absolute Gasteiger partial charge is 0.480 e. The molecule has 0 radical (unpaired) electrons. The minimum absolute atomic E-state index is 0.145. The molecule has 5 heteroatoms. The van der Waals surface area contributed by atoms with E-state index in [1.165, 1.54) is 0 Å². The summed E-state index contributed by atoms with van der Waals surface area (Å²) < 4.78 is 16.9. The molecule has 1 N–H and O–H groups in total. The van der Waals surface area contributed by atoms with E-state index in [2.05, 4.69) is 0 Å². The second kappa shape index (κ2) is 9.56. The van der Waals surface area contributed by atoms with Crippen LogP contribution in [-0.2, 0) is 19.0 Å². The van der Waals surface area contributed by atoms with Crippen LogP contribution in [0.5, 0.6) is 0 Å². The van der Waals surface area contributed by atoms with Crippen LogP contribution in [0.3, 0.4) is 0 Å². The minimum atomic E-state index is -0.999. The van der Waals surface area contributed by atoms with E-state index in [9.17, 15) is 4.79 Å². The average Bonchev–Trinajstić information content (AvgIpc) is 2.49. The van der Waals surface area contributed by atoms with E-state index in [0.717, 1.165) is 5.57 Å². The fraction of sp³-hybridized carbons (Fsp3) is 0.588. The summed E-state index contributed by atoms with van der Waals surface area (Å²) >= 11 is 0. The first kappa shape index (κ1) is 18.6. The van der Waals surface area contributed by atoms with Crippen molar-refractivity contribution in [1.29, 1.82) is 0 Å². The molecule has 1 aliphatic rings. The van der Waals surface area contributed by atoms with Crippen LogP contribution >= 0.6 is 0 Å². The Hall–Kier alpha value is -1.43. The third-order valence-electron chi connectivity index (χ3n) is 3.62. The van der Waals surface area contributed by atoms with Crippen molar-refractivity contribution < 1.29 is 24.1 Å². The minimum Gasteiger partial charge on any atom is -0.480 e. The van der Waals surface area contributed by atoms with E-state index in [4.69, 9.17) is 19.3 Å². The number of carboxylic acid groups (broad SMARTS) is 1. The van der Waals surface area contributed by atoms with Gasteiger partial charge in [-0.3, -0.25) is 0 Å². The van der Waals surface area contributed by atoms with E-state index >= 15 is 0 Å². The lowest BCUT2D eigenvalue weighted by molar-refractivity contribution is -0.186. The van der Waals surface area contributed by atoms with Gasteiger partial charge in [-0.05, 0) is 19.4 Å². The Morgan fingerprint density at radius 3 is 2.64 bits per heavy atom. The number of aliphatic carboxylic acids is 1. The molecule has 22 heavy (non-hydrogen) atoms. The smallest absolute Gasteiger partial charge is 0.329 e. The van der Waals surface area contributed by atoms with Crippen molar-refractivity contribution >= 4 is 5.97 Å². The first-order chi connectivity index (χ1) is 10.5. The van der Waals surface area contributed by atoms with Crippen LogP contribution in [0.15, 0.2) is 36.0 Å². The number of hydrogen-bond donors (Lipinski definition) is 1. The lowest BCUT2D eigenvalue weighted by Gasteiger charge is -2.41. The van der Waals surface area contributed by atoms with Gasteiger partial charge in [-0.25, -0.2) is 4.79 Å². The molecule has 1 fully saturated rings. The van der Waals surface area contributed by atoms with Gasteiger partial charge in [0, 0.05) is 13.0 Å². The first-order valence-electron chi connectivity index (χ1n) is 7.45. The van der Waals surface area contributed by atoms with E-state index in [1.54, 1.807) is 7.11 Å². The van der Waals surface area contributed by atoms with E-state index < -0.39 is 12.1 Å². The Morgan fingerprint density at radius 2 is 2.05 bits per heavy atom. The number of ether oxygens (including phenoxy) is 3. The molecule has 1 rings (SSSR count). The summed E-state index contributed by atoms with van der Waals surface area (Å²) in [4.78, 5) is 10.8. The van der Waals surface area contributed by atoms with Crippen molar-refractivity contribution in [3.8, 4) is 0 Å². The summed E-state index contributed by atoms with van der Waals surface area (Å²) in [6, 6.07) is 0. The number of methoxy groups -OCH3 is 1. The summed E-state index contributed by atoms with van der Waals surface area (Å²) in [6.07, 6.45) is 8.74. The molecule has 1 saturated heterocycles. The Balaban J connectivity index is 2.89. The molecule has 0 amide bonds. The Kier molecular flexibility index (Phi) is 8.09. The summed E-state index contributed by atoms with van der Waals surface area (Å²) in [6.45, 7) is 6.10. The van der Waals surface area contributed by atoms with Gasteiger partial charge in [0.05, 0.1) is 12.7 Å². The van der Waals surface area contributed by atoms with E-state index in [1.807, 2.05) is 51.2 Å². The first-order valence-corrected chi connectivity index (χ1v) is 7.45. The van der Waals surface area contributed by atoms with E-state index in [-0.39, 0.29) is 24.7 Å². The molecule has 0 bridgehead atoms. The fourth-order valence-corrected chi connectivity index (χ4v) is 2.53. The third-order valence-corrected chi connectivity index (χ3v) is 3.62.